The van der Waals surface area contributed by atoms with Crippen molar-refractivity contribution < 1.29 is 9.90 Å². The Balaban J connectivity index is 1.67. The third-order valence-electron chi connectivity index (χ3n) is 5.52. The van der Waals surface area contributed by atoms with Gasteiger partial charge in [-0.25, -0.2) is 5.01 Å². The van der Waals surface area contributed by atoms with E-state index in [9.17, 15) is 9.90 Å². The van der Waals surface area contributed by atoms with Gasteiger partial charge in [-0.05, 0) is 60.2 Å². The van der Waals surface area contributed by atoms with E-state index in [2.05, 4.69) is 46.5 Å². The average Bonchev–Trinajstić information content (AvgIpc) is 3.11. The van der Waals surface area contributed by atoms with E-state index in [4.69, 9.17) is 5.73 Å². The van der Waals surface area contributed by atoms with Crippen LogP contribution in [0.2, 0.25) is 0 Å². The van der Waals surface area contributed by atoms with Gasteiger partial charge >= 0.3 is 0 Å². The first-order valence-corrected chi connectivity index (χ1v) is 9.93. The molecule has 3 heterocycles. The Kier molecular flexibility index (Phi) is 4.95. The number of aliphatic hydroxyl groups is 1. The minimum Gasteiger partial charge on any atom is -0.378 e. The second kappa shape index (κ2) is 7.46. The molecule has 0 fully saturated rings. The van der Waals surface area contributed by atoms with Gasteiger partial charge < -0.3 is 21.1 Å². The van der Waals surface area contributed by atoms with E-state index in [-0.39, 0.29) is 5.84 Å². The Labute approximate surface area is 174 Å². The van der Waals surface area contributed by atoms with Gasteiger partial charge in [0.15, 0.2) is 0 Å². The molecular weight excluding hydrogens is 380 g/mol. The lowest BCUT2D eigenvalue weighted by molar-refractivity contribution is -0.118. The van der Waals surface area contributed by atoms with Crippen LogP contribution in [0.3, 0.4) is 0 Å². The van der Waals surface area contributed by atoms with Gasteiger partial charge in [-0.15, -0.1) is 5.10 Å². The first-order chi connectivity index (χ1) is 14.2. The fraction of sp³-hybridized carbons (Fsp3) is 0.318. The summed E-state index contributed by atoms with van der Waals surface area (Å²) in [6.07, 6.45) is 3.38. The van der Waals surface area contributed by atoms with Crippen molar-refractivity contribution in [3.05, 3.63) is 58.5 Å². The zero-order chi connectivity index (χ0) is 21.6. The molecule has 0 spiro atoms. The molecule has 0 bridgehead atoms. The number of aryl methyl sites for hydroxylation is 2. The molecule has 5 N–H and O–H groups in total. The van der Waals surface area contributed by atoms with Crippen LogP contribution in [0.5, 0.6) is 0 Å². The number of carbonyl (C=O) groups is 1. The Bertz CT molecular complexity index is 1140. The van der Waals surface area contributed by atoms with Crippen molar-refractivity contribution in [1.29, 1.82) is 0 Å². The summed E-state index contributed by atoms with van der Waals surface area (Å²) >= 11 is 0. The number of amidine groups is 1. The number of benzene rings is 1. The molecule has 1 aliphatic heterocycles. The van der Waals surface area contributed by atoms with Crippen LogP contribution in [0.25, 0.3) is 10.9 Å². The fourth-order valence-corrected chi connectivity index (χ4v) is 3.89. The van der Waals surface area contributed by atoms with E-state index in [0.717, 1.165) is 22.3 Å². The molecule has 1 aromatic carbocycles. The Morgan fingerprint density at radius 1 is 1.23 bits per heavy atom. The number of nitrogens with zero attached hydrogens (tertiary/aromatic N) is 3. The molecule has 8 nitrogen and oxygen atoms in total. The van der Waals surface area contributed by atoms with Crippen LogP contribution in [-0.2, 0) is 11.2 Å². The summed E-state index contributed by atoms with van der Waals surface area (Å²) in [5.74, 6) is -0.346. The van der Waals surface area contributed by atoms with Crippen molar-refractivity contribution in [2.24, 2.45) is 10.8 Å². The van der Waals surface area contributed by atoms with Crippen molar-refractivity contribution in [1.82, 2.24) is 15.3 Å². The van der Waals surface area contributed by atoms with Crippen LogP contribution in [0.15, 0.2) is 35.7 Å². The number of nitrogens with two attached hydrogens (primary N) is 1. The molecule has 0 radical (unpaired) electrons. The number of aromatic amines is 1. The molecule has 2 aromatic heterocycles. The first kappa shape index (κ1) is 19.9. The lowest BCUT2D eigenvalue weighted by Gasteiger charge is -2.30. The second-order valence-electron chi connectivity index (χ2n) is 8.03. The van der Waals surface area contributed by atoms with Crippen molar-refractivity contribution in [2.75, 3.05) is 5.01 Å². The van der Waals surface area contributed by atoms with Crippen LogP contribution in [0, 0.1) is 13.8 Å². The summed E-state index contributed by atoms with van der Waals surface area (Å²) in [6.45, 7) is 8.40. The highest BCUT2D eigenvalue weighted by Crippen LogP contribution is 2.29. The molecule has 1 unspecified atom stereocenters. The number of H-pyrrole nitrogens is 1. The summed E-state index contributed by atoms with van der Waals surface area (Å²) in [5, 5.41) is 19.1. The highest BCUT2D eigenvalue weighted by Gasteiger charge is 2.27. The van der Waals surface area contributed by atoms with Gasteiger partial charge in [-0.2, -0.15) is 0 Å². The molecule has 3 aromatic rings. The lowest BCUT2D eigenvalue weighted by atomic mass is 9.96. The topological polar surface area (TPSA) is 120 Å². The normalized spacial score (nSPS) is 16.9. The zero-order valence-corrected chi connectivity index (χ0v) is 17.5. The minimum absolute atomic E-state index is 0.190. The number of aliphatic hydroxyl groups excluding tert-OH is 1. The zero-order valence-electron chi connectivity index (χ0n) is 17.5. The van der Waals surface area contributed by atoms with Crippen LogP contribution < -0.4 is 16.1 Å². The molecule has 1 aliphatic rings. The summed E-state index contributed by atoms with van der Waals surface area (Å²) < 4.78 is 0. The maximum absolute atomic E-state index is 11.5. The van der Waals surface area contributed by atoms with E-state index in [0.29, 0.717) is 18.0 Å². The van der Waals surface area contributed by atoms with E-state index in [1.807, 2.05) is 32.2 Å². The van der Waals surface area contributed by atoms with Crippen molar-refractivity contribution in [3.63, 3.8) is 0 Å². The van der Waals surface area contributed by atoms with Gasteiger partial charge in [0.2, 0.25) is 12.2 Å². The number of hydrogen-bond acceptors (Lipinski definition) is 6. The van der Waals surface area contributed by atoms with Crippen molar-refractivity contribution in [3.8, 4) is 0 Å². The molecule has 0 saturated carbocycles. The third-order valence-corrected chi connectivity index (χ3v) is 5.52. The number of amides is 1. The van der Waals surface area contributed by atoms with E-state index in [1.54, 1.807) is 0 Å². The van der Waals surface area contributed by atoms with Crippen molar-refractivity contribution in [2.45, 2.75) is 46.4 Å². The van der Waals surface area contributed by atoms with Gasteiger partial charge in [0.05, 0.1) is 17.4 Å². The number of hydrogen-bond donors (Lipinski definition) is 4. The predicted octanol–water partition coefficient (Wildman–Crippen LogP) is 2.38. The maximum Gasteiger partial charge on any atom is 0.291 e. The summed E-state index contributed by atoms with van der Waals surface area (Å²) in [7, 11) is 0. The van der Waals surface area contributed by atoms with Gasteiger partial charge in [-0.1, -0.05) is 13.8 Å². The predicted molar refractivity (Wildman–Crippen MR) is 117 cm³/mol. The molecule has 1 amide bonds. The third kappa shape index (κ3) is 3.50. The molecular formula is C22H26N6O2. The number of rotatable bonds is 4. The second-order valence-corrected chi connectivity index (χ2v) is 8.03. The quantitative estimate of drug-likeness (QED) is 0.530. The number of hydrazone groups is 1. The standard InChI is InChI=1S/C22H26N6O2/c1-11(2)18-9-25-19-10-24-14(8-17(18)19)7-16-12(3)5-15(6-13(16)4)28-22(30)26-21(29)20(23)27-28/h5-6,8-11,22,25,30H,7H2,1-4H3,(H2,23,27)(H,26,29). The molecule has 1 atom stereocenters. The summed E-state index contributed by atoms with van der Waals surface area (Å²) in [4.78, 5) is 19.5. The average molecular weight is 406 g/mol. The lowest BCUT2D eigenvalue weighted by Crippen LogP contribution is -2.55. The molecule has 0 saturated heterocycles. The summed E-state index contributed by atoms with van der Waals surface area (Å²) in [6, 6.07) is 6.01. The van der Waals surface area contributed by atoms with Crippen LogP contribution in [0.1, 0.15) is 47.7 Å². The largest absolute Gasteiger partial charge is 0.378 e. The maximum atomic E-state index is 11.5. The minimum atomic E-state index is -1.26. The van der Waals surface area contributed by atoms with Gasteiger partial charge in [0.1, 0.15) is 0 Å². The van der Waals surface area contributed by atoms with Crippen LogP contribution in [-0.4, -0.2) is 33.2 Å². The smallest absolute Gasteiger partial charge is 0.291 e. The van der Waals surface area contributed by atoms with Crippen molar-refractivity contribution >= 4 is 28.3 Å². The molecule has 8 heteroatoms. The monoisotopic (exact) mass is 406 g/mol. The van der Waals surface area contributed by atoms with Gasteiger partial charge in [0, 0.05) is 23.7 Å². The highest BCUT2D eigenvalue weighted by molar-refractivity contribution is 6.37. The van der Waals surface area contributed by atoms with Crippen LogP contribution >= 0.6 is 0 Å². The van der Waals surface area contributed by atoms with Crippen LogP contribution in [0.4, 0.5) is 5.69 Å². The molecule has 0 aliphatic carbocycles. The summed E-state index contributed by atoms with van der Waals surface area (Å²) in [5.41, 5.74) is 12.9. The highest BCUT2D eigenvalue weighted by atomic mass is 16.3. The van der Waals surface area contributed by atoms with Gasteiger partial charge in [0.25, 0.3) is 5.91 Å². The van der Waals surface area contributed by atoms with E-state index >= 15 is 0 Å². The Hall–Kier alpha value is -3.39. The first-order valence-electron chi connectivity index (χ1n) is 9.93. The number of aromatic nitrogens is 2. The molecule has 156 valence electrons. The van der Waals surface area contributed by atoms with E-state index < -0.39 is 12.3 Å². The Morgan fingerprint density at radius 3 is 2.60 bits per heavy atom. The molecule has 4 rings (SSSR count). The number of pyridine rings is 1. The number of nitrogens with one attached hydrogen (secondary N) is 2. The van der Waals surface area contributed by atoms with Gasteiger partial charge in [-0.3, -0.25) is 9.78 Å². The number of anilines is 1. The number of carbonyl (C=O) groups excluding carboxylic acids is 1. The number of fused-ring (bicyclic) bond motifs is 1. The SMILES string of the molecule is Cc1cc(N2N=C(N)C(=O)NC2O)cc(C)c1Cc1cc2c(C(C)C)c[nH]c2cn1. The molecule has 30 heavy (non-hydrogen) atoms. The fourth-order valence-electron chi connectivity index (χ4n) is 3.89. The Morgan fingerprint density at radius 2 is 1.93 bits per heavy atom. The van der Waals surface area contributed by atoms with E-state index in [1.165, 1.54) is 21.5 Å².